The first-order valence-electron chi connectivity index (χ1n) is 4.58. The van der Waals surface area contributed by atoms with E-state index in [2.05, 4.69) is 4.98 Å². The number of rotatable bonds is 1. The van der Waals surface area contributed by atoms with E-state index in [4.69, 9.17) is 11.6 Å². The number of benzene rings is 1. The highest BCUT2D eigenvalue weighted by Crippen LogP contribution is 2.37. The van der Waals surface area contributed by atoms with Gasteiger partial charge in [-0.1, -0.05) is 18.5 Å². The molecule has 0 fully saturated rings. The van der Waals surface area contributed by atoms with Crippen LogP contribution in [0.1, 0.15) is 17.5 Å². The van der Waals surface area contributed by atoms with Crippen LogP contribution in [-0.2, 0) is 12.6 Å². The molecule has 2 rings (SSSR count). The lowest BCUT2D eigenvalue weighted by molar-refractivity contribution is -0.137. The second-order valence-corrected chi connectivity index (χ2v) is 4.73. The lowest BCUT2D eigenvalue weighted by Gasteiger charge is -1.98. The number of aryl methyl sites for hydroxylation is 1. The molecule has 0 radical (unpaired) electrons. The molecular formula is C10H7ClF3NS. The van der Waals surface area contributed by atoms with Crippen molar-refractivity contribution in [2.24, 2.45) is 0 Å². The Kier molecular flexibility index (Phi) is 2.84. The Balaban J connectivity index is 2.66. The van der Waals surface area contributed by atoms with Gasteiger partial charge in [-0.15, -0.1) is 11.3 Å². The molecule has 0 saturated heterocycles. The van der Waals surface area contributed by atoms with Gasteiger partial charge in [-0.05, 0) is 24.1 Å². The summed E-state index contributed by atoms with van der Waals surface area (Å²) < 4.78 is 37.8. The SMILES string of the molecule is CCc1cc(Cl)c2nc(C(F)(F)F)sc2c1. The van der Waals surface area contributed by atoms with Crippen LogP contribution in [-0.4, -0.2) is 4.98 Å². The van der Waals surface area contributed by atoms with Crippen molar-refractivity contribution in [1.82, 2.24) is 4.98 Å². The lowest BCUT2D eigenvalue weighted by Crippen LogP contribution is -2.03. The second-order valence-electron chi connectivity index (χ2n) is 3.29. The van der Waals surface area contributed by atoms with Gasteiger partial charge in [0.15, 0.2) is 5.01 Å². The molecule has 6 heteroatoms. The van der Waals surface area contributed by atoms with Gasteiger partial charge in [-0.25, -0.2) is 4.98 Å². The van der Waals surface area contributed by atoms with E-state index in [0.29, 0.717) is 16.0 Å². The maximum Gasteiger partial charge on any atom is 0.443 e. The predicted molar refractivity (Wildman–Crippen MR) is 59.0 cm³/mol. The van der Waals surface area contributed by atoms with E-state index >= 15 is 0 Å². The fourth-order valence-electron chi connectivity index (χ4n) is 1.37. The number of alkyl halides is 3. The molecule has 1 nitrogen and oxygen atoms in total. The molecule has 1 aromatic carbocycles. The summed E-state index contributed by atoms with van der Waals surface area (Å²) in [6.45, 7) is 1.92. The molecule has 0 saturated carbocycles. The van der Waals surface area contributed by atoms with Crippen molar-refractivity contribution >= 4 is 33.2 Å². The Morgan fingerprint density at radius 3 is 2.62 bits per heavy atom. The molecule has 16 heavy (non-hydrogen) atoms. The number of thiazole rings is 1. The molecule has 0 aliphatic rings. The molecule has 0 bridgehead atoms. The van der Waals surface area contributed by atoms with E-state index in [1.807, 2.05) is 6.92 Å². The van der Waals surface area contributed by atoms with Gasteiger partial charge in [0.1, 0.15) is 5.52 Å². The van der Waals surface area contributed by atoms with E-state index in [1.54, 1.807) is 12.1 Å². The molecule has 0 spiro atoms. The van der Waals surface area contributed by atoms with Crippen molar-refractivity contribution in [1.29, 1.82) is 0 Å². The largest absolute Gasteiger partial charge is 0.443 e. The van der Waals surface area contributed by atoms with Crippen LogP contribution in [0.5, 0.6) is 0 Å². The zero-order chi connectivity index (χ0) is 11.9. The molecule has 1 heterocycles. The summed E-state index contributed by atoms with van der Waals surface area (Å²) in [7, 11) is 0. The minimum Gasteiger partial charge on any atom is -0.230 e. The van der Waals surface area contributed by atoms with E-state index < -0.39 is 11.2 Å². The second kappa shape index (κ2) is 3.89. The van der Waals surface area contributed by atoms with Crippen LogP contribution in [0.4, 0.5) is 13.2 Å². The third-order valence-corrected chi connectivity index (χ3v) is 3.49. The minimum absolute atomic E-state index is 0.233. The Morgan fingerprint density at radius 1 is 1.38 bits per heavy atom. The van der Waals surface area contributed by atoms with Gasteiger partial charge < -0.3 is 0 Å². The average Bonchev–Trinajstić information content (AvgIpc) is 2.61. The zero-order valence-corrected chi connectivity index (χ0v) is 9.80. The third kappa shape index (κ3) is 2.01. The molecule has 0 N–H and O–H groups in total. The van der Waals surface area contributed by atoms with Gasteiger partial charge in [0, 0.05) is 0 Å². The van der Waals surface area contributed by atoms with Crippen molar-refractivity contribution in [2.45, 2.75) is 19.5 Å². The number of aromatic nitrogens is 1. The highest BCUT2D eigenvalue weighted by atomic mass is 35.5. The molecule has 0 unspecified atom stereocenters. The molecule has 1 aromatic heterocycles. The van der Waals surface area contributed by atoms with Crippen LogP contribution in [0.2, 0.25) is 5.02 Å². The van der Waals surface area contributed by atoms with Crippen LogP contribution in [0, 0.1) is 0 Å². The molecule has 0 aliphatic heterocycles. The number of halogens is 4. The molecule has 0 atom stereocenters. The van der Waals surface area contributed by atoms with Crippen molar-refractivity contribution < 1.29 is 13.2 Å². The minimum atomic E-state index is -4.40. The first-order chi connectivity index (χ1) is 7.41. The molecule has 0 aliphatic carbocycles. The van der Waals surface area contributed by atoms with E-state index in [9.17, 15) is 13.2 Å². The topological polar surface area (TPSA) is 12.9 Å². The summed E-state index contributed by atoms with van der Waals surface area (Å²) in [5.41, 5.74) is 1.14. The average molecular weight is 266 g/mol. The van der Waals surface area contributed by atoms with Crippen LogP contribution in [0.15, 0.2) is 12.1 Å². The summed E-state index contributed by atoms with van der Waals surface area (Å²) in [5, 5.41) is -0.571. The third-order valence-electron chi connectivity index (χ3n) is 2.16. The number of fused-ring (bicyclic) bond motifs is 1. The van der Waals surface area contributed by atoms with Crippen molar-refractivity contribution in [3.05, 3.63) is 27.7 Å². The first-order valence-corrected chi connectivity index (χ1v) is 5.77. The number of hydrogen-bond acceptors (Lipinski definition) is 2. The maximum absolute atomic E-state index is 12.4. The van der Waals surface area contributed by atoms with Crippen LogP contribution in [0.3, 0.4) is 0 Å². The quantitative estimate of drug-likeness (QED) is 0.738. The van der Waals surface area contributed by atoms with Gasteiger partial charge in [0.05, 0.1) is 9.72 Å². The summed E-state index contributed by atoms with van der Waals surface area (Å²) in [6.07, 6.45) is -3.67. The van der Waals surface area contributed by atoms with Crippen LogP contribution < -0.4 is 0 Å². The van der Waals surface area contributed by atoms with Crippen molar-refractivity contribution in [3.8, 4) is 0 Å². The molecule has 2 aromatic rings. The lowest BCUT2D eigenvalue weighted by atomic mass is 10.2. The highest BCUT2D eigenvalue weighted by molar-refractivity contribution is 7.18. The number of nitrogens with zero attached hydrogens (tertiary/aromatic N) is 1. The summed E-state index contributed by atoms with van der Waals surface area (Å²) in [6, 6.07) is 3.36. The van der Waals surface area contributed by atoms with Crippen LogP contribution >= 0.6 is 22.9 Å². The summed E-state index contributed by atoms with van der Waals surface area (Å²) >= 11 is 6.51. The summed E-state index contributed by atoms with van der Waals surface area (Å²) in [5.74, 6) is 0. The Labute approximate surface area is 98.9 Å². The molecule has 86 valence electrons. The van der Waals surface area contributed by atoms with Gasteiger partial charge in [0.2, 0.25) is 0 Å². The van der Waals surface area contributed by atoms with Crippen LogP contribution in [0.25, 0.3) is 10.2 Å². The van der Waals surface area contributed by atoms with E-state index in [-0.39, 0.29) is 10.5 Å². The van der Waals surface area contributed by atoms with Gasteiger partial charge in [-0.2, -0.15) is 13.2 Å². The standard InChI is InChI=1S/C10H7ClF3NS/c1-2-5-3-6(11)8-7(4-5)16-9(15-8)10(12,13)14/h3-4H,2H2,1H3. The van der Waals surface area contributed by atoms with E-state index in [1.165, 1.54) is 0 Å². The van der Waals surface area contributed by atoms with Gasteiger partial charge >= 0.3 is 6.18 Å². The fraction of sp³-hybridized carbons (Fsp3) is 0.300. The zero-order valence-electron chi connectivity index (χ0n) is 8.23. The molecular weight excluding hydrogens is 259 g/mol. The normalized spacial score (nSPS) is 12.3. The first kappa shape index (κ1) is 11.7. The Bertz CT molecular complexity index is 533. The molecule has 0 amide bonds. The van der Waals surface area contributed by atoms with Gasteiger partial charge in [-0.3, -0.25) is 0 Å². The smallest absolute Gasteiger partial charge is 0.230 e. The highest BCUT2D eigenvalue weighted by Gasteiger charge is 2.35. The number of hydrogen-bond donors (Lipinski definition) is 0. The van der Waals surface area contributed by atoms with Gasteiger partial charge in [0.25, 0.3) is 0 Å². The Hall–Kier alpha value is -0.810. The van der Waals surface area contributed by atoms with E-state index in [0.717, 1.165) is 12.0 Å². The fourth-order valence-corrected chi connectivity index (χ4v) is 2.63. The van der Waals surface area contributed by atoms with Crippen molar-refractivity contribution in [3.63, 3.8) is 0 Å². The monoisotopic (exact) mass is 265 g/mol. The Morgan fingerprint density at radius 2 is 2.06 bits per heavy atom. The summed E-state index contributed by atoms with van der Waals surface area (Å²) in [4.78, 5) is 3.52. The van der Waals surface area contributed by atoms with Crippen molar-refractivity contribution in [2.75, 3.05) is 0 Å². The maximum atomic E-state index is 12.4. The predicted octanol–water partition coefficient (Wildman–Crippen LogP) is 4.53.